The third-order valence-electron chi connectivity index (χ3n) is 7.23. The molecule has 0 radical (unpaired) electrons. The van der Waals surface area contributed by atoms with Crippen LogP contribution in [0.2, 0.25) is 0 Å². The van der Waals surface area contributed by atoms with Gasteiger partial charge in [-0.15, -0.1) is 35.3 Å². The molecule has 0 atom stereocenters. The Morgan fingerprint density at radius 2 is 1.23 bits per heavy atom. The van der Waals surface area contributed by atoms with Gasteiger partial charge in [-0.25, -0.2) is 4.79 Å². The minimum Gasteiger partial charge on any atom is -0.482 e. The molecule has 5 rings (SSSR count). The van der Waals surface area contributed by atoms with Crippen molar-refractivity contribution in [3.05, 3.63) is 138 Å². The Bertz CT molecular complexity index is 1670. The summed E-state index contributed by atoms with van der Waals surface area (Å²) in [5, 5.41) is 8.93. The highest BCUT2D eigenvalue weighted by Gasteiger charge is 2.09. The number of aryl methyl sites for hydroxylation is 1. The van der Waals surface area contributed by atoms with E-state index in [1.54, 1.807) is 35.3 Å². The van der Waals surface area contributed by atoms with Crippen LogP contribution in [-0.4, -0.2) is 35.9 Å². The van der Waals surface area contributed by atoms with Crippen molar-refractivity contribution in [3.8, 4) is 28.0 Å². The number of rotatable bonds is 12. The summed E-state index contributed by atoms with van der Waals surface area (Å²) in [7, 11) is 0. The summed E-state index contributed by atoms with van der Waals surface area (Å²) in [6, 6.07) is 40.8. The van der Waals surface area contributed by atoms with E-state index in [1.807, 2.05) is 25.1 Å². The molecule has 0 spiro atoms. The third kappa shape index (κ3) is 8.20. The first-order valence-electron chi connectivity index (χ1n) is 14.2. The molecule has 0 amide bonds. The van der Waals surface area contributed by atoms with Crippen LogP contribution in [0.1, 0.15) is 16.7 Å². The fraction of sp³-hybridized carbons (Fsp3) is 0.132. The number of thioether (sulfide) groups is 3. The standard InChI is InChI=1S/C38H34O3S3/c1-26-22-35(18-19-37(26)41-25-38(39)40)44-21-20-36(29-14-10-27(11-15-29)31-6-4-8-33(23-31)42-2)30-16-12-28(13-17-30)32-7-5-9-34(24-32)43-3/h4-20,22-24H,21,25H2,1-3H3,(H,39,40). The summed E-state index contributed by atoms with van der Waals surface area (Å²) < 4.78 is 5.40. The maximum absolute atomic E-state index is 10.9. The van der Waals surface area contributed by atoms with Crippen molar-refractivity contribution >= 4 is 46.8 Å². The van der Waals surface area contributed by atoms with Crippen LogP contribution in [0.5, 0.6) is 5.75 Å². The van der Waals surface area contributed by atoms with Gasteiger partial charge in [0.2, 0.25) is 0 Å². The van der Waals surface area contributed by atoms with E-state index in [2.05, 4.69) is 116 Å². The Balaban J connectivity index is 1.42. The molecule has 0 bridgehead atoms. The molecule has 0 saturated heterocycles. The number of hydrogen-bond acceptors (Lipinski definition) is 5. The Morgan fingerprint density at radius 3 is 1.70 bits per heavy atom. The second kappa shape index (κ2) is 15.2. The van der Waals surface area contributed by atoms with Crippen molar-refractivity contribution in [2.24, 2.45) is 0 Å². The second-order valence-corrected chi connectivity index (χ2v) is 13.0. The molecule has 0 aliphatic heterocycles. The fourth-order valence-electron chi connectivity index (χ4n) is 4.93. The minimum absolute atomic E-state index is 0.344. The molecule has 0 aromatic heterocycles. The molecule has 0 heterocycles. The van der Waals surface area contributed by atoms with Crippen molar-refractivity contribution < 1.29 is 14.6 Å². The van der Waals surface area contributed by atoms with Crippen molar-refractivity contribution in [2.45, 2.75) is 21.6 Å². The number of carboxylic acid groups (broad SMARTS) is 1. The molecule has 0 aliphatic rings. The summed E-state index contributed by atoms with van der Waals surface area (Å²) in [5.41, 5.74) is 9.26. The second-order valence-electron chi connectivity index (χ2n) is 10.2. The maximum atomic E-state index is 10.9. The molecule has 3 nitrogen and oxygen atoms in total. The molecular weight excluding hydrogens is 601 g/mol. The van der Waals surface area contributed by atoms with E-state index in [9.17, 15) is 4.79 Å². The van der Waals surface area contributed by atoms with Crippen LogP contribution < -0.4 is 4.74 Å². The Hall–Kier alpha value is -3.84. The lowest BCUT2D eigenvalue weighted by Crippen LogP contribution is -2.09. The first-order chi connectivity index (χ1) is 21.4. The Kier molecular flexibility index (Phi) is 10.9. The smallest absolute Gasteiger partial charge is 0.341 e. The van der Waals surface area contributed by atoms with Crippen LogP contribution in [0, 0.1) is 6.92 Å². The number of benzene rings is 5. The van der Waals surface area contributed by atoms with Crippen LogP contribution in [0.3, 0.4) is 0 Å². The topological polar surface area (TPSA) is 46.5 Å². The van der Waals surface area contributed by atoms with Gasteiger partial charge in [0.15, 0.2) is 6.61 Å². The van der Waals surface area contributed by atoms with Crippen LogP contribution in [-0.2, 0) is 4.79 Å². The van der Waals surface area contributed by atoms with Crippen molar-refractivity contribution in [1.82, 2.24) is 0 Å². The van der Waals surface area contributed by atoms with E-state index in [4.69, 9.17) is 9.84 Å². The highest BCUT2D eigenvalue weighted by atomic mass is 32.2. The zero-order valence-electron chi connectivity index (χ0n) is 24.9. The normalized spacial score (nSPS) is 10.8. The monoisotopic (exact) mass is 634 g/mol. The zero-order chi connectivity index (χ0) is 30.9. The van der Waals surface area contributed by atoms with Gasteiger partial charge in [-0.1, -0.05) is 78.9 Å². The molecular formula is C38H34O3S3. The molecule has 0 saturated carbocycles. The van der Waals surface area contributed by atoms with E-state index in [-0.39, 0.29) is 6.61 Å². The van der Waals surface area contributed by atoms with Gasteiger partial charge in [0.25, 0.3) is 0 Å². The highest BCUT2D eigenvalue weighted by Crippen LogP contribution is 2.32. The van der Waals surface area contributed by atoms with E-state index < -0.39 is 5.97 Å². The van der Waals surface area contributed by atoms with Gasteiger partial charge in [0, 0.05) is 20.4 Å². The number of hydrogen-bond donors (Lipinski definition) is 1. The Morgan fingerprint density at radius 1 is 0.682 bits per heavy atom. The summed E-state index contributed by atoms with van der Waals surface area (Å²) in [6.45, 7) is 1.60. The van der Waals surface area contributed by atoms with Crippen molar-refractivity contribution in [2.75, 3.05) is 24.9 Å². The molecule has 0 unspecified atom stereocenters. The van der Waals surface area contributed by atoms with E-state index in [0.29, 0.717) is 5.75 Å². The van der Waals surface area contributed by atoms with Crippen LogP contribution in [0.25, 0.3) is 27.8 Å². The average molecular weight is 635 g/mol. The maximum Gasteiger partial charge on any atom is 0.341 e. The van der Waals surface area contributed by atoms with Gasteiger partial charge >= 0.3 is 5.97 Å². The lowest BCUT2D eigenvalue weighted by molar-refractivity contribution is -0.139. The molecule has 0 fully saturated rings. The van der Waals surface area contributed by atoms with Crippen LogP contribution in [0.15, 0.2) is 136 Å². The number of carboxylic acids is 1. The van der Waals surface area contributed by atoms with E-state index in [0.717, 1.165) is 16.2 Å². The summed E-state index contributed by atoms with van der Waals surface area (Å²) >= 11 is 5.25. The predicted octanol–water partition coefficient (Wildman–Crippen LogP) is 10.5. The van der Waals surface area contributed by atoms with Crippen LogP contribution in [0.4, 0.5) is 0 Å². The quantitative estimate of drug-likeness (QED) is 0.138. The molecule has 222 valence electrons. The summed E-state index contributed by atoms with van der Waals surface area (Å²) in [5.74, 6) is 0.391. The SMILES string of the molecule is CSc1cccc(-c2ccc(C(=CCSc3ccc(OCC(=O)O)c(C)c3)c3ccc(-c4cccc(SC)c4)cc3)cc2)c1. The first-order valence-corrected chi connectivity index (χ1v) is 17.6. The average Bonchev–Trinajstić information content (AvgIpc) is 3.06. The van der Waals surface area contributed by atoms with Crippen molar-refractivity contribution in [3.63, 3.8) is 0 Å². The number of carbonyl (C=O) groups is 1. The lowest BCUT2D eigenvalue weighted by atomic mass is 9.94. The molecule has 0 aliphatic carbocycles. The van der Waals surface area contributed by atoms with Gasteiger partial charge in [-0.05, 0) is 106 Å². The lowest BCUT2D eigenvalue weighted by Gasteiger charge is -2.13. The number of ether oxygens (including phenoxy) is 1. The molecule has 1 N–H and O–H groups in total. The fourth-order valence-corrected chi connectivity index (χ4v) is 6.71. The van der Waals surface area contributed by atoms with Gasteiger partial charge in [0.1, 0.15) is 5.75 Å². The van der Waals surface area contributed by atoms with Gasteiger partial charge in [-0.2, -0.15) is 0 Å². The molecule has 5 aromatic carbocycles. The van der Waals surface area contributed by atoms with Gasteiger partial charge < -0.3 is 9.84 Å². The molecule has 44 heavy (non-hydrogen) atoms. The van der Waals surface area contributed by atoms with E-state index in [1.165, 1.54) is 48.7 Å². The highest BCUT2D eigenvalue weighted by molar-refractivity contribution is 7.99. The van der Waals surface area contributed by atoms with Crippen molar-refractivity contribution in [1.29, 1.82) is 0 Å². The molecule has 6 heteroatoms. The first kappa shape index (κ1) is 31.6. The molecule has 5 aromatic rings. The third-order valence-corrected chi connectivity index (χ3v) is 9.60. The number of aliphatic carboxylic acids is 1. The summed E-state index contributed by atoms with van der Waals surface area (Å²) in [4.78, 5) is 14.5. The van der Waals surface area contributed by atoms with Crippen LogP contribution >= 0.6 is 35.3 Å². The predicted molar refractivity (Wildman–Crippen MR) is 189 cm³/mol. The largest absolute Gasteiger partial charge is 0.482 e. The summed E-state index contributed by atoms with van der Waals surface area (Å²) in [6.07, 6.45) is 6.50. The van der Waals surface area contributed by atoms with Gasteiger partial charge in [0.05, 0.1) is 0 Å². The van der Waals surface area contributed by atoms with E-state index >= 15 is 0 Å². The minimum atomic E-state index is -0.983. The Labute approximate surface area is 272 Å². The van der Waals surface area contributed by atoms with Gasteiger partial charge in [-0.3, -0.25) is 0 Å². The zero-order valence-corrected chi connectivity index (χ0v) is 27.4.